The number of fused-ring (bicyclic) bond motifs is 2. The molecule has 30 heavy (non-hydrogen) atoms. The van der Waals surface area contributed by atoms with Crippen LogP contribution in [0.1, 0.15) is 10.4 Å². The third-order valence-electron chi connectivity index (χ3n) is 4.57. The zero-order valence-electron chi connectivity index (χ0n) is 14.6. The number of aromatic hydroxyl groups is 1. The fraction of sp³-hybridized carbons (Fsp3) is 0. The van der Waals surface area contributed by atoms with Crippen LogP contribution in [0, 0.1) is 0 Å². The van der Waals surface area contributed by atoms with Crippen molar-refractivity contribution in [1.29, 1.82) is 0 Å². The average Bonchev–Trinajstić information content (AvgIpc) is 2.70. The van der Waals surface area contributed by atoms with Crippen LogP contribution in [0.2, 0.25) is 0 Å². The van der Waals surface area contributed by atoms with Gasteiger partial charge in [-0.25, -0.2) is 4.79 Å². The zero-order chi connectivity index (χ0) is 21.9. The number of phenols is 1. The van der Waals surface area contributed by atoms with E-state index in [-0.39, 0.29) is 41.5 Å². The molecule has 0 radical (unpaired) electrons. The van der Waals surface area contributed by atoms with Gasteiger partial charge in [-0.1, -0.05) is 6.07 Å². The lowest BCUT2D eigenvalue weighted by Gasteiger charge is -2.19. The van der Waals surface area contributed by atoms with Crippen LogP contribution in [0.4, 0.5) is 5.69 Å². The topological polar surface area (TPSA) is 114 Å². The molecule has 0 amide bonds. The first-order valence-electron chi connectivity index (χ1n) is 8.20. The van der Waals surface area contributed by atoms with E-state index in [1.807, 2.05) is 0 Å². The molecule has 1 heterocycles. The fourth-order valence-corrected chi connectivity index (χ4v) is 5.64. The molecule has 2 aromatic rings. The summed E-state index contributed by atoms with van der Waals surface area (Å²) in [7, 11) is 0. The second-order valence-electron chi connectivity index (χ2n) is 6.36. The highest BCUT2D eigenvalue weighted by Gasteiger charge is 2.27. The molecule has 1 aliphatic carbocycles. The molecule has 0 bridgehead atoms. The number of hydrogen-bond donors (Lipinski definition) is 3. The quantitative estimate of drug-likeness (QED) is 0.165. The Bertz CT molecular complexity index is 1410. The summed E-state index contributed by atoms with van der Waals surface area (Å²) in [6, 6.07) is 7.78. The normalized spacial score (nSPS) is 11.3. The maximum absolute atomic E-state index is 12.5. The predicted molar refractivity (Wildman–Crippen MR) is 128 cm³/mol. The summed E-state index contributed by atoms with van der Waals surface area (Å²) in [5.74, 6) is -1.04. The number of nitrogen functional groups attached to an aromatic ring is 1. The Morgan fingerprint density at radius 2 is 1.67 bits per heavy atom. The number of phenolic OH excluding ortho intramolecular Hbond substituents is 1. The average molecular weight is 663 g/mol. The van der Waals surface area contributed by atoms with E-state index in [2.05, 4.69) is 63.7 Å². The monoisotopic (exact) mass is 659 g/mol. The van der Waals surface area contributed by atoms with Gasteiger partial charge in [0.25, 0.3) is 0 Å². The minimum absolute atomic E-state index is 0.0115. The van der Waals surface area contributed by atoms with Gasteiger partial charge in [0, 0.05) is 22.2 Å². The largest absolute Gasteiger partial charge is 0.505 e. The van der Waals surface area contributed by atoms with Crippen LogP contribution in [0.25, 0.3) is 33.4 Å². The van der Waals surface area contributed by atoms with E-state index in [1.54, 1.807) is 24.3 Å². The minimum atomic E-state index is -1.16. The standard InChI is InChI=1S/C20H9Br4NO5/c21-11-4-9-13(7-2-1-6(25)3-8(7)20(28)29)10-5-12(22)17(27)15(24)19(10)30-18(9)14(23)16(11)26/h1-5,26H,25H2,(H,28,29). The van der Waals surface area contributed by atoms with Gasteiger partial charge in [0.1, 0.15) is 14.7 Å². The van der Waals surface area contributed by atoms with Crippen molar-refractivity contribution in [3.63, 3.8) is 0 Å². The number of carboxylic acid groups (broad SMARTS) is 1. The molecule has 10 heteroatoms. The molecule has 152 valence electrons. The van der Waals surface area contributed by atoms with E-state index in [9.17, 15) is 19.8 Å². The van der Waals surface area contributed by atoms with E-state index in [4.69, 9.17) is 10.2 Å². The van der Waals surface area contributed by atoms with Crippen molar-refractivity contribution in [2.75, 3.05) is 5.73 Å². The molecule has 6 nitrogen and oxygen atoms in total. The van der Waals surface area contributed by atoms with Gasteiger partial charge in [-0.05, 0) is 93.5 Å². The zero-order valence-corrected chi connectivity index (χ0v) is 20.9. The predicted octanol–water partition coefficient (Wildman–Crippen LogP) is 6.60. The molecule has 2 aromatic carbocycles. The highest BCUT2D eigenvalue weighted by Crippen LogP contribution is 2.49. The van der Waals surface area contributed by atoms with Gasteiger partial charge >= 0.3 is 5.97 Å². The third-order valence-corrected chi connectivity index (χ3v) is 7.22. The SMILES string of the molecule is Nc1ccc(-c2c3cc(Br)c(=O)c(Br)c-3oc3c(Br)c(O)c(Br)cc23)c(C(=O)O)c1. The lowest BCUT2D eigenvalue weighted by molar-refractivity contribution is 0.0698. The van der Waals surface area contributed by atoms with E-state index < -0.39 is 5.97 Å². The summed E-state index contributed by atoms with van der Waals surface area (Å²) in [6.45, 7) is 0. The molecule has 4 rings (SSSR count). The number of nitrogens with two attached hydrogens (primary N) is 1. The lowest BCUT2D eigenvalue weighted by atomic mass is 9.90. The Morgan fingerprint density at radius 3 is 2.33 bits per heavy atom. The Labute approximate surface area is 202 Å². The summed E-state index contributed by atoms with van der Waals surface area (Å²) in [6.07, 6.45) is 0. The number of rotatable bonds is 2. The molecule has 0 saturated carbocycles. The Balaban J connectivity index is 2.34. The maximum atomic E-state index is 12.5. The molecule has 0 fully saturated rings. The van der Waals surface area contributed by atoms with Gasteiger partial charge < -0.3 is 20.4 Å². The molecule has 2 aliphatic rings. The smallest absolute Gasteiger partial charge is 0.336 e. The Morgan fingerprint density at radius 1 is 0.967 bits per heavy atom. The first kappa shape index (κ1) is 21.4. The van der Waals surface area contributed by atoms with Gasteiger partial charge in [-0.3, -0.25) is 4.79 Å². The van der Waals surface area contributed by atoms with Gasteiger partial charge in [0.2, 0.25) is 5.43 Å². The minimum Gasteiger partial charge on any atom is -0.505 e. The molecule has 0 unspecified atom stereocenters. The molecule has 4 N–H and O–H groups in total. The van der Waals surface area contributed by atoms with E-state index >= 15 is 0 Å². The maximum Gasteiger partial charge on any atom is 0.336 e. The van der Waals surface area contributed by atoms with Crippen LogP contribution in [0.5, 0.6) is 5.75 Å². The molecular formula is C20H9Br4NO5. The first-order valence-corrected chi connectivity index (χ1v) is 11.4. The molecule has 0 aromatic heterocycles. The van der Waals surface area contributed by atoms with E-state index in [1.165, 1.54) is 6.07 Å². The van der Waals surface area contributed by atoms with Crippen molar-refractivity contribution in [1.82, 2.24) is 0 Å². The first-order chi connectivity index (χ1) is 14.1. The highest BCUT2D eigenvalue weighted by molar-refractivity contribution is 9.11. The summed E-state index contributed by atoms with van der Waals surface area (Å²) < 4.78 is 7.07. The number of carboxylic acids is 1. The lowest BCUT2D eigenvalue weighted by Crippen LogP contribution is -2.08. The van der Waals surface area contributed by atoms with Gasteiger partial charge in [0.05, 0.1) is 14.5 Å². The summed E-state index contributed by atoms with van der Waals surface area (Å²) >= 11 is 13.2. The van der Waals surface area contributed by atoms with Gasteiger partial charge in [-0.15, -0.1) is 0 Å². The molecule has 0 saturated heterocycles. The summed E-state index contributed by atoms with van der Waals surface area (Å²) in [5.41, 5.74) is 7.41. The summed E-state index contributed by atoms with van der Waals surface area (Å²) in [5, 5.41) is 20.7. The highest BCUT2D eigenvalue weighted by atomic mass is 79.9. The number of carbonyl (C=O) groups is 1. The Hall–Kier alpha value is -1.88. The van der Waals surface area contributed by atoms with Crippen LogP contribution in [0.15, 0.2) is 57.4 Å². The van der Waals surface area contributed by atoms with Crippen LogP contribution in [-0.4, -0.2) is 16.2 Å². The van der Waals surface area contributed by atoms with Gasteiger partial charge in [-0.2, -0.15) is 0 Å². The molecular weight excluding hydrogens is 654 g/mol. The number of aromatic carboxylic acids is 1. The second-order valence-corrected chi connectivity index (χ2v) is 9.66. The summed E-state index contributed by atoms with van der Waals surface area (Å²) in [4.78, 5) is 24.4. The van der Waals surface area contributed by atoms with Crippen LogP contribution < -0.4 is 11.2 Å². The van der Waals surface area contributed by atoms with Crippen molar-refractivity contribution in [2.45, 2.75) is 0 Å². The van der Waals surface area contributed by atoms with Crippen molar-refractivity contribution >= 4 is 86.3 Å². The second kappa shape index (κ2) is 7.67. The molecule has 0 spiro atoms. The molecule has 0 atom stereocenters. The van der Waals surface area contributed by atoms with Crippen molar-refractivity contribution in [3.8, 4) is 28.2 Å². The Kier molecular flexibility index (Phi) is 5.46. The number of benzene rings is 3. The number of anilines is 1. The third kappa shape index (κ3) is 3.26. The van der Waals surface area contributed by atoms with Crippen molar-refractivity contribution < 1.29 is 19.4 Å². The number of hydrogen-bond acceptors (Lipinski definition) is 5. The molecule has 1 aliphatic heterocycles. The van der Waals surface area contributed by atoms with E-state index in [0.717, 1.165) is 0 Å². The van der Waals surface area contributed by atoms with Gasteiger partial charge in [0.15, 0.2) is 11.3 Å². The van der Waals surface area contributed by atoms with Crippen LogP contribution >= 0.6 is 63.7 Å². The van der Waals surface area contributed by atoms with Crippen LogP contribution in [-0.2, 0) is 0 Å². The van der Waals surface area contributed by atoms with Crippen LogP contribution in [0.3, 0.4) is 0 Å². The van der Waals surface area contributed by atoms with Crippen molar-refractivity contribution in [2.24, 2.45) is 0 Å². The fourth-order valence-electron chi connectivity index (χ4n) is 3.24. The number of halogens is 4. The van der Waals surface area contributed by atoms with Crippen molar-refractivity contribution in [3.05, 3.63) is 64.0 Å². The van der Waals surface area contributed by atoms with E-state index in [0.29, 0.717) is 32.2 Å².